The van der Waals surface area contributed by atoms with Gasteiger partial charge in [-0.2, -0.15) is 11.3 Å². The number of ether oxygens (including phenoxy) is 3. The Kier molecular flexibility index (Phi) is 7.65. The number of carbonyl (C=O) groups is 1. The number of benzene rings is 2. The fourth-order valence-electron chi connectivity index (χ4n) is 3.13. The van der Waals surface area contributed by atoms with Crippen molar-refractivity contribution in [2.75, 3.05) is 28.4 Å². The van der Waals surface area contributed by atoms with Crippen molar-refractivity contribution in [3.05, 3.63) is 69.9 Å². The van der Waals surface area contributed by atoms with E-state index in [0.29, 0.717) is 29.4 Å². The van der Waals surface area contributed by atoms with Crippen LogP contribution in [0.25, 0.3) is 0 Å². The molecule has 158 valence electrons. The van der Waals surface area contributed by atoms with E-state index in [1.807, 2.05) is 36.4 Å². The summed E-state index contributed by atoms with van der Waals surface area (Å²) in [5.41, 5.74) is 2.80. The summed E-state index contributed by atoms with van der Waals surface area (Å²) in [5, 5.41) is 4.20. The standard InChI is InChI=1S/C23H25NO4S2/c1-24(13-17-9-10-19(26-2)22(28-4)21(17)27-3)23(25)18-7-5-6-8-20(18)30-15-16-11-12-29-14-16/h5-12,14H,13,15H2,1-4H3. The first-order valence-corrected chi connectivity index (χ1v) is 11.3. The molecule has 0 aliphatic heterocycles. The minimum atomic E-state index is -0.0414. The van der Waals surface area contributed by atoms with Crippen molar-refractivity contribution in [1.82, 2.24) is 4.90 Å². The molecule has 0 aliphatic rings. The van der Waals surface area contributed by atoms with Crippen LogP contribution in [0.2, 0.25) is 0 Å². The number of methoxy groups -OCH3 is 3. The minimum absolute atomic E-state index is 0.0414. The Morgan fingerprint density at radius 2 is 1.77 bits per heavy atom. The lowest BCUT2D eigenvalue weighted by Crippen LogP contribution is -2.27. The van der Waals surface area contributed by atoms with Gasteiger partial charge in [0.2, 0.25) is 5.75 Å². The van der Waals surface area contributed by atoms with Gasteiger partial charge in [-0.15, -0.1) is 11.8 Å². The van der Waals surface area contributed by atoms with E-state index >= 15 is 0 Å². The summed E-state index contributed by atoms with van der Waals surface area (Å²) in [5.74, 6) is 2.46. The van der Waals surface area contributed by atoms with Crippen LogP contribution in [0.15, 0.2) is 58.1 Å². The normalized spacial score (nSPS) is 10.5. The second-order valence-corrected chi connectivity index (χ2v) is 8.37. The van der Waals surface area contributed by atoms with Crippen LogP contribution in [0.5, 0.6) is 17.2 Å². The van der Waals surface area contributed by atoms with E-state index < -0.39 is 0 Å². The van der Waals surface area contributed by atoms with Crippen molar-refractivity contribution in [3.63, 3.8) is 0 Å². The van der Waals surface area contributed by atoms with E-state index in [4.69, 9.17) is 14.2 Å². The average molecular weight is 444 g/mol. The molecule has 0 aliphatic carbocycles. The van der Waals surface area contributed by atoms with Crippen LogP contribution in [0.4, 0.5) is 0 Å². The average Bonchev–Trinajstić information content (AvgIpc) is 3.30. The van der Waals surface area contributed by atoms with Gasteiger partial charge in [-0.3, -0.25) is 4.79 Å². The molecular formula is C23H25NO4S2. The zero-order valence-corrected chi connectivity index (χ0v) is 19.1. The Labute approximate surface area is 185 Å². The van der Waals surface area contributed by atoms with Crippen LogP contribution in [-0.4, -0.2) is 39.2 Å². The van der Waals surface area contributed by atoms with Gasteiger partial charge in [0.15, 0.2) is 11.5 Å². The molecule has 7 heteroatoms. The minimum Gasteiger partial charge on any atom is -0.493 e. The molecule has 1 amide bonds. The molecule has 0 bridgehead atoms. The van der Waals surface area contributed by atoms with Crippen LogP contribution in [0.1, 0.15) is 21.5 Å². The first kappa shape index (κ1) is 22.1. The summed E-state index contributed by atoms with van der Waals surface area (Å²) in [6.07, 6.45) is 0. The van der Waals surface area contributed by atoms with E-state index in [1.54, 1.807) is 56.4 Å². The molecule has 3 rings (SSSR count). The van der Waals surface area contributed by atoms with Crippen LogP contribution >= 0.6 is 23.1 Å². The predicted molar refractivity (Wildman–Crippen MR) is 122 cm³/mol. The molecule has 2 aromatic carbocycles. The monoisotopic (exact) mass is 443 g/mol. The summed E-state index contributed by atoms with van der Waals surface area (Å²) in [6, 6.07) is 13.5. The lowest BCUT2D eigenvalue weighted by molar-refractivity contribution is 0.0780. The van der Waals surface area contributed by atoms with Crippen LogP contribution in [0, 0.1) is 0 Å². The molecule has 0 saturated carbocycles. The second kappa shape index (κ2) is 10.4. The molecule has 5 nitrogen and oxygen atoms in total. The van der Waals surface area contributed by atoms with E-state index in [2.05, 4.69) is 16.8 Å². The summed E-state index contributed by atoms with van der Waals surface area (Å²) in [7, 11) is 6.52. The Morgan fingerprint density at radius 3 is 2.43 bits per heavy atom. The van der Waals surface area contributed by atoms with Crippen molar-refractivity contribution in [2.45, 2.75) is 17.2 Å². The summed E-state index contributed by atoms with van der Waals surface area (Å²) in [6.45, 7) is 0.381. The van der Waals surface area contributed by atoms with Gasteiger partial charge in [0, 0.05) is 29.8 Å². The Hall–Kier alpha value is -2.64. The third kappa shape index (κ3) is 4.91. The number of rotatable bonds is 9. The van der Waals surface area contributed by atoms with Gasteiger partial charge in [-0.1, -0.05) is 12.1 Å². The number of hydrogen-bond donors (Lipinski definition) is 0. The largest absolute Gasteiger partial charge is 0.493 e. The number of hydrogen-bond acceptors (Lipinski definition) is 6. The molecule has 0 radical (unpaired) electrons. The van der Waals surface area contributed by atoms with Gasteiger partial charge in [0.1, 0.15) is 0 Å². The second-order valence-electron chi connectivity index (χ2n) is 6.57. The van der Waals surface area contributed by atoms with Gasteiger partial charge in [-0.25, -0.2) is 0 Å². The number of amides is 1. The first-order chi connectivity index (χ1) is 14.6. The molecule has 0 fully saturated rings. The van der Waals surface area contributed by atoms with Crippen molar-refractivity contribution in [3.8, 4) is 17.2 Å². The van der Waals surface area contributed by atoms with Crippen LogP contribution < -0.4 is 14.2 Å². The SMILES string of the molecule is COc1ccc(CN(C)C(=O)c2ccccc2SCc2ccsc2)c(OC)c1OC. The number of carbonyl (C=O) groups excluding carboxylic acids is 1. The third-order valence-electron chi connectivity index (χ3n) is 4.63. The van der Waals surface area contributed by atoms with Gasteiger partial charge in [-0.05, 0) is 46.7 Å². The molecule has 0 N–H and O–H groups in total. The first-order valence-electron chi connectivity index (χ1n) is 9.35. The third-order valence-corrected chi connectivity index (χ3v) is 6.51. The summed E-state index contributed by atoms with van der Waals surface area (Å²) < 4.78 is 16.4. The van der Waals surface area contributed by atoms with Crippen molar-refractivity contribution in [1.29, 1.82) is 0 Å². The summed E-state index contributed by atoms with van der Waals surface area (Å²) in [4.78, 5) is 15.9. The Morgan fingerprint density at radius 1 is 1.00 bits per heavy atom. The smallest absolute Gasteiger partial charge is 0.255 e. The molecule has 3 aromatic rings. The lowest BCUT2D eigenvalue weighted by atomic mass is 10.1. The number of thiophene rings is 1. The van der Waals surface area contributed by atoms with Crippen molar-refractivity contribution < 1.29 is 19.0 Å². The predicted octanol–water partition coefficient (Wildman–Crippen LogP) is 5.34. The molecule has 0 atom stereocenters. The fourth-order valence-corrected chi connectivity index (χ4v) is 4.89. The maximum atomic E-state index is 13.2. The van der Waals surface area contributed by atoms with Crippen molar-refractivity contribution in [2.24, 2.45) is 0 Å². The highest BCUT2D eigenvalue weighted by molar-refractivity contribution is 7.98. The summed E-state index contributed by atoms with van der Waals surface area (Å²) >= 11 is 3.35. The van der Waals surface area contributed by atoms with Crippen LogP contribution in [0.3, 0.4) is 0 Å². The molecule has 0 unspecified atom stereocenters. The van der Waals surface area contributed by atoms with Gasteiger partial charge >= 0.3 is 0 Å². The van der Waals surface area contributed by atoms with E-state index in [1.165, 1.54) is 5.56 Å². The van der Waals surface area contributed by atoms with Gasteiger partial charge in [0.05, 0.1) is 26.9 Å². The highest BCUT2D eigenvalue weighted by Gasteiger charge is 2.21. The molecule has 0 saturated heterocycles. The molecule has 1 heterocycles. The molecule has 0 spiro atoms. The van der Waals surface area contributed by atoms with Crippen molar-refractivity contribution >= 4 is 29.0 Å². The zero-order valence-electron chi connectivity index (χ0n) is 17.5. The maximum absolute atomic E-state index is 13.2. The number of thioether (sulfide) groups is 1. The van der Waals surface area contributed by atoms with Crippen LogP contribution in [-0.2, 0) is 12.3 Å². The number of nitrogens with zero attached hydrogens (tertiary/aromatic N) is 1. The highest BCUT2D eigenvalue weighted by atomic mass is 32.2. The quantitative estimate of drug-likeness (QED) is 0.418. The van der Waals surface area contributed by atoms with E-state index in [-0.39, 0.29) is 5.91 Å². The van der Waals surface area contributed by atoms with Gasteiger partial charge < -0.3 is 19.1 Å². The fraction of sp³-hybridized carbons (Fsp3) is 0.261. The maximum Gasteiger partial charge on any atom is 0.255 e. The highest BCUT2D eigenvalue weighted by Crippen LogP contribution is 2.40. The van der Waals surface area contributed by atoms with E-state index in [9.17, 15) is 4.79 Å². The lowest BCUT2D eigenvalue weighted by Gasteiger charge is -2.22. The van der Waals surface area contributed by atoms with E-state index in [0.717, 1.165) is 16.2 Å². The topological polar surface area (TPSA) is 48.0 Å². The Bertz CT molecular complexity index is 989. The Balaban J connectivity index is 1.80. The molecule has 1 aromatic heterocycles. The molecule has 30 heavy (non-hydrogen) atoms. The zero-order chi connectivity index (χ0) is 21.5. The van der Waals surface area contributed by atoms with Gasteiger partial charge in [0.25, 0.3) is 5.91 Å². The molecular weight excluding hydrogens is 418 g/mol.